The van der Waals surface area contributed by atoms with Crippen molar-refractivity contribution in [1.29, 1.82) is 0 Å². The van der Waals surface area contributed by atoms with Crippen molar-refractivity contribution in [3.05, 3.63) is 84.3 Å². The van der Waals surface area contributed by atoms with Crippen LogP contribution in [0.15, 0.2) is 77.2 Å². The Labute approximate surface area is 172 Å². The first-order chi connectivity index (χ1) is 14.6. The third-order valence-electron chi connectivity index (χ3n) is 5.86. The van der Waals surface area contributed by atoms with Crippen molar-refractivity contribution in [2.45, 2.75) is 0 Å². The van der Waals surface area contributed by atoms with Crippen molar-refractivity contribution in [3.8, 4) is 0 Å². The average Bonchev–Trinajstić information content (AvgIpc) is 3.20. The molecule has 0 radical (unpaired) electrons. The van der Waals surface area contributed by atoms with E-state index in [1.807, 2.05) is 55.4 Å². The standard InChI is InChI=1S/C26H18N2O2/c1-28(2)18-10-13-21-22(14-18)30-26(27-21)25(29)20-12-9-17-7-6-15-4-3-5-16-8-11-19(20)24(17)23(15)16/h3-14H,1-2H3. The zero-order valence-electron chi connectivity index (χ0n) is 16.6. The number of carbonyl (C=O) groups is 1. The molecule has 30 heavy (non-hydrogen) atoms. The third-order valence-corrected chi connectivity index (χ3v) is 5.86. The second kappa shape index (κ2) is 6.04. The quantitative estimate of drug-likeness (QED) is 0.274. The number of anilines is 1. The predicted octanol–water partition coefficient (Wildman–Crippen LogP) is 6.02. The van der Waals surface area contributed by atoms with E-state index < -0.39 is 0 Å². The minimum Gasteiger partial charge on any atom is -0.433 e. The van der Waals surface area contributed by atoms with Gasteiger partial charge in [-0.1, -0.05) is 48.5 Å². The lowest BCUT2D eigenvalue weighted by Crippen LogP contribution is -2.07. The normalized spacial score (nSPS) is 11.8. The van der Waals surface area contributed by atoms with Gasteiger partial charge in [0.2, 0.25) is 5.78 Å². The number of hydrogen-bond acceptors (Lipinski definition) is 4. The minimum absolute atomic E-state index is 0.121. The highest BCUT2D eigenvalue weighted by atomic mass is 16.4. The molecule has 1 aromatic heterocycles. The number of fused-ring (bicyclic) bond motifs is 1. The molecule has 1 heterocycles. The van der Waals surface area contributed by atoms with E-state index in [0.29, 0.717) is 16.7 Å². The van der Waals surface area contributed by atoms with Gasteiger partial charge in [0.05, 0.1) is 0 Å². The van der Waals surface area contributed by atoms with Crippen molar-refractivity contribution in [2.75, 3.05) is 19.0 Å². The van der Waals surface area contributed by atoms with E-state index in [-0.39, 0.29) is 11.7 Å². The highest BCUT2D eigenvalue weighted by Gasteiger charge is 2.21. The monoisotopic (exact) mass is 390 g/mol. The van der Waals surface area contributed by atoms with E-state index in [9.17, 15) is 4.79 Å². The number of rotatable bonds is 3. The molecule has 4 nitrogen and oxygen atoms in total. The Kier molecular flexibility index (Phi) is 3.42. The van der Waals surface area contributed by atoms with Crippen LogP contribution in [0.1, 0.15) is 16.2 Å². The summed E-state index contributed by atoms with van der Waals surface area (Å²) in [4.78, 5) is 19.9. The summed E-state index contributed by atoms with van der Waals surface area (Å²) in [5.74, 6) is -0.0773. The van der Waals surface area contributed by atoms with Gasteiger partial charge in [0.25, 0.3) is 5.89 Å². The molecule has 0 atom stereocenters. The van der Waals surface area contributed by atoms with Crippen LogP contribution in [0.5, 0.6) is 0 Å². The smallest absolute Gasteiger partial charge is 0.269 e. The fourth-order valence-corrected chi connectivity index (χ4v) is 4.34. The molecule has 0 unspecified atom stereocenters. The minimum atomic E-state index is -0.199. The lowest BCUT2D eigenvalue weighted by molar-refractivity contribution is 0.101. The molecule has 144 valence electrons. The van der Waals surface area contributed by atoms with Gasteiger partial charge in [-0.2, -0.15) is 0 Å². The molecular formula is C26H18N2O2. The number of ketones is 1. The van der Waals surface area contributed by atoms with Crippen molar-refractivity contribution in [3.63, 3.8) is 0 Å². The molecule has 0 aliphatic carbocycles. The van der Waals surface area contributed by atoms with Crippen LogP contribution in [0.3, 0.4) is 0 Å². The molecule has 0 aliphatic rings. The van der Waals surface area contributed by atoms with Gasteiger partial charge < -0.3 is 9.32 Å². The Morgan fingerprint density at radius 2 is 1.53 bits per heavy atom. The van der Waals surface area contributed by atoms with Crippen molar-refractivity contribution >= 4 is 54.9 Å². The number of benzene rings is 5. The first kappa shape index (κ1) is 17.0. The summed E-state index contributed by atoms with van der Waals surface area (Å²) in [7, 11) is 3.93. The summed E-state index contributed by atoms with van der Waals surface area (Å²) in [6.45, 7) is 0. The summed E-state index contributed by atoms with van der Waals surface area (Å²) < 4.78 is 5.88. The Hall–Kier alpha value is -3.92. The Morgan fingerprint density at radius 3 is 2.30 bits per heavy atom. The van der Waals surface area contributed by atoms with Gasteiger partial charge >= 0.3 is 0 Å². The first-order valence-electron chi connectivity index (χ1n) is 9.89. The van der Waals surface area contributed by atoms with Crippen LogP contribution in [0.4, 0.5) is 5.69 Å². The van der Waals surface area contributed by atoms with Crippen LogP contribution in [-0.4, -0.2) is 24.9 Å². The Bertz CT molecular complexity index is 1580. The second-order valence-corrected chi connectivity index (χ2v) is 7.86. The lowest BCUT2D eigenvalue weighted by Gasteiger charge is -2.12. The summed E-state index contributed by atoms with van der Waals surface area (Å²) in [6.07, 6.45) is 0. The molecule has 0 bridgehead atoms. The molecule has 0 fully saturated rings. The van der Waals surface area contributed by atoms with Crippen molar-refractivity contribution in [1.82, 2.24) is 4.98 Å². The zero-order valence-corrected chi connectivity index (χ0v) is 16.6. The second-order valence-electron chi connectivity index (χ2n) is 7.86. The van der Waals surface area contributed by atoms with E-state index >= 15 is 0 Å². The summed E-state index contributed by atoms with van der Waals surface area (Å²) in [5.41, 5.74) is 2.91. The van der Waals surface area contributed by atoms with Crippen molar-refractivity contribution in [2.24, 2.45) is 0 Å². The fraction of sp³-hybridized carbons (Fsp3) is 0.0769. The number of nitrogens with zero attached hydrogens (tertiary/aromatic N) is 2. The van der Waals surface area contributed by atoms with Crippen LogP contribution in [0.25, 0.3) is 43.4 Å². The summed E-state index contributed by atoms with van der Waals surface area (Å²) in [5, 5.41) is 6.71. The van der Waals surface area contributed by atoms with Gasteiger partial charge in [0, 0.05) is 31.4 Å². The molecule has 6 rings (SSSR count). The molecule has 0 aliphatic heterocycles. The van der Waals surface area contributed by atoms with Gasteiger partial charge in [-0.25, -0.2) is 4.98 Å². The SMILES string of the molecule is CN(C)c1ccc2nc(C(=O)c3ccc4ccc5cccc6ccc3c4c56)oc2c1. The van der Waals surface area contributed by atoms with Gasteiger partial charge in [0.15, 0.2) is 5.58 Å². The van der Waals surface area contributed by atoms with Crippen LogP contribution in [0, 0.1) is 0 Å². The highest BCUT2D eigenvalue weighted by Crippen LogP contribution is 2.36. The fourth-order valence-electron chi connectivity index (χ4n) is 4.34. The Balaban J connectivity index is 1.57. The summed E-state index contributed by atoms with van der Waals surface area (Å²) in [6, 6.07) is 24.3. The molecule has 4 heteroatoms. The van der Waals surface area contributed by atoms with Gasteiger partial charge in [0.1, 0.15) is 5.52 Å². The van der Waals surface area contributed by atoms with Gasteiger partial charge in [-0.05, 0) is 50.5 Å². The maximum atomic E-state index is 13.4. The van der Waals surface area contributed by atoms with E-state index in [1.54, 1.807) is 0 Å². The molecule has 5 aromatic carbocycles. The topological polar surface area (TPSA) is 46.3 Å². The van der Waals surface area contributed by atoms with E-state index in [2.05, 4.69) is 41.4 Å². The highest BCUT2D eigenvalue weighted by molar-refractivity contribution is 6.27. The molecule has 6 aromatic rings. The molecular weight excluding hydrogens is 372 g/mol. The lowest BCUT2D eigenvalue weighted by atomic mass is 9.91. The molecule has 0 N–H and O–H groups in total. The summed E-state index contributed by atoms with van der Waals surface area (Å²) >= 11 is 0. The van der Waals surface area contributed by atoms with Crippen molar-refractivity contribution < 1.29 is 9.21 Å². The maximum Gasteiger partial charge on any atom is 0.269 e. The predicted molar refractivity (Wildman–Crippen MR) is 122 cm³/mol. The molecule has 0 saturated carbocycles. The Morgan fingerprint density at radius 1 is 0.833 bits per heavy atom. The molecule has 0 saturated heterocycles. The maximum absolute atomic E-state index is 13.4. The van der Waals surface area contributed by atoms with E-state index in [0.717, 1.165) is 21.8 Å². The number of hydrogen-bond donors (Lipinski definition) is 0. The number of carbonyl (C=O) groups excluding carboxylic acids is 1. The number of aromatic nitrogens is 1. The first-order valence-corrected chi connectivity index (χ1v) is 9.89. The van der Waals surface area contributed by atoms with E-state index in [1.165, 1.54) is 16.2 Å². The molecule has 0 spiro atoms. The number of oxazole rings is 1. The van der Waals surface area contributed by atoms with Crippen LogP contribution >= 0.6 is 0 Å². The molecule has 0 amide bonds. The van der Waals surface area contributed by atoms with Crippen LogP contribution in [0.2, 0.25) is 0 Å². The zero-order chi connectivity index (χ0) is 20.4. The third kappa shape index (κ3) is 2.34. The van der Waals surface area contributed by atoms with E-state index in [4.69, 9.17) is 4.42 Å². The largest absolute Gasteiger partial charge is 0.433 e. The van der Waals surface area contributed by atoms with Crippen LogP contribution < -0.4 is 4.90 Å². The van der Waals surface area contributed by atoms with Gasteiger partial charge in [-0.15, -0.1) is 0 Å². The van der Waals surface area contributed by atoms with Crippen LogP contribution in [-0.2, 0) is 0 Å². The average molecular weight is 390 g/mol. The van der Waals surface area contributed by atoms with Gasteiger partial charge in [-0.3, -0.25) is 4.79 Å².